The number of nitrogens with one attached hydrogen (secondary N) is 1. The summed E-state index contributed by atoms with van der Waals surface area (Å²) in [6, 6.07) is 15.8. The summed E-state index contributed by atoms with van der Waals surface area (Å²) in [4.78, 5) is 25.8. The molecule has 0 radical (unpaired) electrons. The number of carboxylic acid groups (broad SMARTS) is 1. The van der Waals surface area contributed by atoms with Crippen LogP contribution in [0.1, 0.15) is 165 Å². The van der Waals surface area contributed by atoms with Gasteiger partial charge in [-0.05, 0) is 62.0 Å². The van der Waals surface area contributed by atoms with E-state index in [1.807, 2.05) is 36.4 Å². The summed E-state index contributed by atoms with van der Waals surface area (Å²) in [6.07, 6.45) is 19.2. The van der Waals surface area contributed by atoms with Gasteiger partial charge in [-0.3, -0.25) is 9.59 Å². The Morgan fingerprint density at radius 1 is 0.700 bits per heavy atom. The quantitative estimate of drug-likeness (QED) is 0.0799. The number of aliphatic hydroxyl groups excluding tert-OH is 1. The van der Waals surface area contributed by atoms with Crippen LogP contribution in [-0.2, 0) is 25.7 Å². The number of carboxylic acids is 1. The second-order valence-electron chi connectivity index (χ2n) is 14.2. The van der Waals surface area contributed by atoms with Gasteiger partial charge in [0.25, 0.3) is 0 Å². The van der Waals surface area contributed by atoms with Crippen molar-refractivity contribution in [2.75, 3.05) is 25.0 Å². The third kappa shape index (κ3) is 17.0. The first-order chi connectivity index (χ1) is 24.4. The van der Waals surface area contributed by atoms with E-state index in [1.165, 1.54) is 77.0 Å². The van der Waals surface area contributed by atoms with E-state index in [1.54, 1.807) is 0 Å². The van der Waals surface area contributed by atoms with E-state index in [0.717, 1.165) is 67.7 Å². The first-order valence-electron chi connectivity index (χ1n) is 19.8. The highest BCUT2D eigenvalue weighted by molar-refractivity contribution is 5.90. The molecule has 50 heavy (non-hydrogen) atoms. The number of aliphatic hydroxyl groups is 1. The molecule has 1 fully saturated rings. The van der Waals surface area contributed by atoms with Crippen molar-refractivity contribution in [1.29, 1.82) is 0 Å². The van der Waals surface area contributed by atoms with Gasteiger partial charge in [0.15, 0.2) is 6.29 Å². The van der Waals surface area contributed by atoms with Gasteiger partial charge in [0.05, 0.1) is 18.8 Å². The Kier molecular flexibility index (Phi) is 21.0. The van der Waals surface area contributed by atoms with Crippen LogP contribution in [-0.4, -0.2) is 52.7 Å². The number of ether oxygens (including phenoxy) is 2. The Hall–Kier alpha value is -2.78. The van der Waals surface area contributed by atoms with Crippen LogP contribution in [0.5, 0.6) is 0 Å². The lowest BCUT2D eigenvalue weighted by atomic mass is 9.99. The maximum Gasteiger partial charge on any atom is 0.303 e. The lowest BCUT2D eigenvalue weighted by Crippen LogP contribution is -2.40. The third-order valence-corrected chi connectivity index (χ3v) is 9.74. The zero-order chi connectivity index (χ0) is 35.8. The summed E-state index contributed by atoms with van der Waals surface area (Å²) < 4.78 is 13.3. The molecule has 0 aliphatic carbocycles. The highest BCUT2D eigenvalue weighted by Gasteiger charge is 2.33. The Balaban J connectivity index is 1.64. The molecule has 1 aliphatic rings. The summed E-state index contributed by atoms with van der Waals surface area (Å²) >= 11 is 0. The molecule has 3 rings (SSSR count). The van der Waals surface area contributed by atoms with Gasteiger partial charge in [0.1, 0.15) is 0 Å². The fourth-order valence-electron chi connectivity index (χ4n) is 6.71. The van der Waals surface area contributed by atoms with Crippen LogP contribution >= 0.6 is 0 Å². The topological polar surface area (TPSA) is 108 Å². The van der Waals surface area contributed by atoms with Gasteiger partial charge in [0.2, 0.25) is 5.91 Å². The predicted molar refractivity (Wildman–Crippen MR) is 202 cm³/mol. The monoisotopic (exact) mass is 694 g/mol. The number of hydrogen-bond acceptors (Lipinski definition) is 6. The smallest absolute Gasteiger partial charge is 0.303 e. The Bertz CT molecular complexity index is 1170. The van der Waals surface area contributed by atoms with Crippen LogP contribution in [0.25, 0.3) is 0 Å². The zero-order valence-corrected chi connectivity index (χ0v) is 31.1. The van der Waals surface area contributed by atoms with E-state index in [4.69, 9.17) is 14.6 Å². The van der Waals surface area contributed by atoms with Crippen molar-refractivity contribution in [3.63, 3.8) is 0 Å². The van der Waals surface area contributed by atoms with Crippen LogP contribution in [0.3, 0.4) is 0 Å². The molecule has 3 N–H and O–H groups in total. The number of hydrogen-bond donors (Lipinski definition) is 3. The number of aliphatic carboxylic acids is 1. The van der Waals surface area contributed by atoms with Gasteiger partial charge in [-0.1, -0.05) is 127 Å². The van der Waals surface area contributed by atoms with Gasteiger partial charge in [-0.15, -0.1) is 0 Å². The molecule has 1 amide bonds. The molecule has 280 valence electrons. The van der Waals surface area contributed by atoms with Crippen molar-refractivity contribution in [2.45, 2.75) is 161 Å². The van der Waals surface area contributed by atoms with Crippen LogP contribution in [0.2, 0.25) is 0 Å². The minimum atomic E-state index is -0.771. The molecule has 0 aromatic heterocycles. The Labute approximate surface area is 302 Å². The number of carbonyl (C=O) groups is 2. The second kappa shape index (κ2) is 25.2. The fraction of sp³-hybridized carbons (Fsp3) is 0.667. The summed E-state index contributed by atoms with van der Waals surface area (Å²) in [5.74, 6) is -0.810. The standard InChI is InChI=1S/C42H66N2O6/c1-3-5-7-9-13-17-29-44(30-18-14-10-8-6-4-2)32-38-31-39(35-23-21-34(33-45)22-24-35)50-42(49-38)36-25-27-37(28-26-36)43-40(46)19-15-11-12-16-20-41(47)48/h21-28,38-39,42,45H,3-20,29-33H2,1-2H3,(H,43,46)(H,47,48)/t38-,39+,42+/m1/s1. The Morgan fingerprint density at radius 2 is 1.24 bits per heavy atom. The van der Waals surface area contributed by atoms with Crippen LogP contribution in [0.4, 0.5) is 5.69 Å². The first-order valence-corrected chi connectivity index (χ1v) is 19.8. The predicted octanol–water partition coefficient (Wildman–Crippen LogP) is 10.1. The maximum absolute atomic E-state index is 12.5. The van der Waals surface area contributed by atoms with Crippen molar-refractivity contribution in [3.05, 3.63) is 65.2 Å². The van der Waals surface area contributed by atoms with Gasteiger partial charge in [-0.25, -0.2) is 0 Å². The lowest BCUT2D eigenvalue weighted by Gasteiger charge is -2.38. The molecule has 1 heterocycles. The molecule has 1 aliphatic heterocycles. The average molecular weight is 695 g/mol. The number of amides is 1. The summed E-state index contributed by atoms with van der Waals surface area (Å²) in [5, 5.41) is 21.4. The minimum Gasteiger partial charge on any atom is -0.481 e. The summed E-state index contributed by atoms with van der Waals surface area (Å²) in [5.41, 5.74) is 3.62. The molecule has 8 heteroatoms. The Morgan fingerprint density at radius 3 is 1.82 bits per heavy atom. The van der Waals surface area contributed by atoms with Crippen molar-refractivity contribution in [1.82, 2.24) is 4.90 Å². The highest BCUT2D eigenvalue weighted by Crippen LogP contribution is 2.38. The zero-order valence-electron chi connectivity index (χ0n) is 31.1. The van der Waals surface area contributed by atoms with E-state index in [0.29, 0.717) is 12.8 Å². The molecule has 0 unspecified atom stereocenters. The lowest BCUT2D eigenvalue weighted by molar-refractivity contribution is -0.253. The fourth-order valence-corrected chi connectivity index (χ4v) is 6.71. The van der Waals surface area contributed by atoms with Crippen molar-refractivity contribution in [3.8, 4) is 0 Å². The van der Waals surface area contributed by atoms with E-state index in [9.17, 15) is 14.7 Å². The number of nitrogens with zero attached hydrogens (tertiary/aromatic N) is 1. The van der Waals surface area contributed by atoms with Crippen molar-refractivity contribution in [2.24, 2.45) is 0 Å². The number of anilines is 1. The maximum atomic E-state index is 12.5. The van der Waals surface area contributed by atoms with E-state index < -0.39 is 12.3 Å². The summed E-state index contributed by atoms with van der Waals surface area (Å²) in [7, 11) is 0. The molecule has 0 spiro atoms. The number of rotatable bonds is 27. The van der Waals surface area contributed by atoms with Gasteiger partial charge < -0.3 is 29.9 Å². The SMILES string of the molecule is CCCCCCCCN(CCCCCCCC)C[C@H]1C[C@@H](c2ccc(CO)cc2)O[C@@H](c2ccc(NC(=O)CCCCCCC(=O)O)cc2)O1. The molecular weight excluding hydrogens is 628 g/mol. The van der Waals surface area contributed by atoms with E-state index in [2.05, 4.69) is 36.2 Å². The molecule has 3 atom stereocenters. The number of benzene rings is 2. The molecule has 8 nitrogen and oxygen atoms in total. The molecule has 1 saturated heterocycles. The second-order valence-corrected chi connectivity index (χ2v) is 14.2. The molecule has 0 saturated carbocycles. The van der Waals surface area contributed by atoms with E-state index in [-0.39, 0.29) is 31.1 Å². The molecular formula is C42H66N2O6. The van der Waals surface area contributed by atoms with Crippen LogP contribution in [0.15, 0.2) is 48.5 Å². The van der Waals surface area contributed by atoms with Gasteiger partial charge in [-0.2, -0.15) is 0 Å². The van der Waals surface area contributed by atoms with Crippen LogP contribution < -0.4 is 5.32 Å². The average Bonchev–Trinajstić information content (AvgIpc) is 3.12. The van der Waals surface area contributed by atoms with Gasteiger partial charge >= 0.3 is 5.97 Å². The van der Waals surface area contributed by atoms with Crippen LogP contribution in [0, 0.1) is 0 Å². The molecule has 2 aromatic carbocycles. The molecule has 0 bridgehead atoms. The van der Waals surface area contributed by atoms with Crippen molar-refractivity contribution < 1.29 is 29.3 Å². The molecule has 2 aromatic rings. The first kappa shape index (κ1) is 41.6. The third-order valence-electron chi connectivity index (χ3n) is 9.74. The van der Waals surface area contributed by atoms with Crippen molar-refractivity contribution >= 4 is 17.6 Å². The number of unbranched alkanes of at least 4 members (excludes halogenated alkanes) is 13. The highest BCUT2D eigenvalue weighted by atomic mass is 16.7. The number of carbonyl (C=O) groups excluding carboxylic acids is 1. The largest absolute Gasteiger partial charge is 0.481 e. The summed E-state index contributed by atoms with van der Waals surface area (Å²) in [6.45, 7) is 7.62. The normalized spacial score (nSPS) is 17.6. The van der Waals surface area contributed by atoms with E-state index >= 15 is 0 Å². The minimum absolute atomic E-state index is 0.00586. The van der Waals surface area contributed by atoms with Gasteiger partial charge in [0, 0.05) is 37.1 Å².